The second-order valence-corrected chi connectivity index (χ2v) is 8.37. The topological polar surface area (TPSA) is 65.5 Å². The summed E-state index contributed by atoms with van der Waals surface area (Å²) in [5.41, 5.74) is 4.81. The number of aryl methyl sites for hydroxylation is 2. The summed E-state index contributed by atoms with van der Waals surface area (Å²) in [6.07, 6.45) is 2.16. The number of carbonyl (C=O) groups excluding carboxylic acids is 2. The van der Waals surface area contributed by atoms with Crippen molar-refractivity contribution in [2.24, 2.45) is 0 Å². The van der Waals surface area contributed by atoms with Crippen LogP contribution in [0, 0.1) is 6.92 Å². The molecule has 5 rings (SSSR count). The van der Waals surface area contributed by atoms with Crippen molar-refractivity contribution in [2.75, 3.05) is 36.4 Å². The minimum atomic E-state index is 0.0477. The van der Waals surface area contributed by atoms with Gasteiger partial charge in [-0.05, 0) is 61.2 Å². The van der Waals surface area contributed by atoms with Crippen LogP contribution < -0.4 is 10.2 Å². The van der Waals surface area contributed by atoms with Crippen molar-refractivity contribution >= 4 is 34.2 Å². The zero-order chi connectivity index (χ0) is 21.4. The minimum absolute atomic E-state index is 0.0477. The molecule has 1 aromatic heterocycles. The highest BCUT2D eigenvalue weighted by molar-refractivity contribution is 5.97. The number of pyridine rings is 1. The van der Waals surface area contributed by atoms with Crippen LogP contribution in [-0.2, 0) is 11.2 Å². The summed E-state index contributed by atoms with van der Waals surface area (Å²) in [7, 11) is 0. The Morgan fingerprint density at radius 2 is 1.81 bits per heavy atom. The molecule has 2 aliphatic rings. The van der Waals surface area contributed by atoms with Gasteiger partial charge < -0.3 is 15.1 Å². The number of anilines is 2. The van der Waals surface area contributed by atoms with E-state index < -0.39 is 0 Å². The zero-order valence-electron chi connectivity index (χ0n) is 17.7. The third-order valence-corrected chi connectivity index (χ3v) is 6.28. The Morgan fingerprint density at radius 3 is 2.65 bits per heavy atom. The SMILES string of the molecule is Cc1cc(N2CCN(C(=O)c3ccc4c(c3)CCCC(=O)N4)CC2)nc2ccccc12. The Kier molecular flexibility index (Phi) is 5.06. The number of rotatable bonds is 2. The molecule has 0 aliphatic carbocycles. The van der Waals surface area contributed by atoms with Crippen LogP contribution in [0.5, 0.6) is 0 Å². The highest BCUT2D eigenvalue weighted by Crippen LogP contribution is 2.26. The molecule has 31 heavy (non-hydrogen) atoms. The summed E-state index contributed by atoms with van der Waals surface area (Å²) in [4.78, 5) is 33.9. The smallest absolute Gasteiger partial charge is 0.253 e. The first-order valence-corrected chi connectivity index (χ1v) is 10.9. The summed E-state index contributed by atoms with van der Waals surface area (Å²) >= 11 is 0. The van der Waals surface area contributed by atoms with Crippen molar-refractivity contribution in [1.29, 1.82) is 0 Å². The first kappa shape index (κ1) is 19.5. The lowest BCUT2D eigenvalue weighted by Gasteiger charge is -2.35. The van der Waals surface area contributed by atoms with E-state index in [9.17, 15) is 9.59 Å². The van der Waals surface area contributed by atoms with Gasteiger partial charge in [0.2, 0.25) is 5.91 Å². The van der Waals surface area contributed by atoms with Crippen LogP contribution >= 0.6 is 0 Å². The van der Waals surface area contributed by atoms with Crippen LogP contribution in [0.1, 0.15) is 34.3 Å². The lowest BCUT2D eigenvalue weighted by atomic mass is 10.0. The molecular formula is C25H26N4O2. The molecule has 2 amide bonds. The Balaban J connectivity index is 1.29. The van der Waals surface area contributed by atoms with Crippen LogP contribution in [0.25, 0.3) is 10.9 Å². The van der Waals surface area contributed by atoms with Gasteiger partial charge >= 0.3 is 0 Å². The number of benzene rings is 2. The number of amides is 2. The number of nitrogens with one attached hydrogen (secondary N) is 1. The van der Waals surface area contributed by atoms with Crippen LogP contribution in [-0.4, -0.2) is 47.9 Å². The third kappa shape index (κ3) is 3.85. The van der Waals surface area contributed by atoms with Gasteiger partial charge in [0.15, 0.2) is 0 Å². The number of fused-ring (bicyclic) bond motifs is 2. The Bertz CT molecular complexity index is 1170. The molecule has 2 aliphatic heterocycles. The van der Waals surface area contributed by atoms with E-state index >= 15 is 0 Å². The van der Waals surface area contributed by atoms with Crippen LogP contribution in [0.3, 0.4) is 0 Å². The first-order chi connectivity index (χ1) is 15.1. The highest BCUT2D eigenvalue weighted by atomic mass is 16.2. The first-order valence-electron chi connectivity index (χ1n) is 10.9. The minimum Gasteiger partial charge on any atom is -0.353 e. The van der Waals surface area contributed by atoms with Crippen molar-refractivity contribution < 1.29 is 9.59 Å². The van der Waals surface area contributed by atoms with Gasteiger partial charge in [-0.25, -0.2) is 4.98 Å². The van der Waals surface area contributed by atoms with Gasteiger partial charge in [0.1, 0.15) is 5.82 Å². The fraction of sp³-hybridized carbons (Fsp3) is 0.320. The zero-order valence-corrected chi connectivity index (χ0v) is 17.7. The maximum atomic E-state index is 13.1. The average molecular weight is 415 g/mol. The van der Waals surface area contributed by atoms with E-state index in [1.807, 2.05) is 41.3 Å². The molecule has 3 aromatic rings. The standard InChI is InChI=1S/C25H26N4O2/c1-17-15-23(26-22-7-3-2-6-20(17)22)28-11-13-29(14-12-28)25(31)19-9-10-21-18(16-19)5-4-8-24(30)27-21/h2-3,6-7,9-10,15-16H,4-5,8,11-14H2,1H3,(H,27,30). The van der Waals surface area contributed by atoms with Gasteiger partial charge in [0, 0.05) is 49.2 Å². The van der Waals surface area contributed by atoms with Gasteiger partial charge in [-0.1, -0.05) is 18.2 Å². The molecule has 1 saturated heterocycles. The molecule has 6 heteroatoms. The third-order valence-electron chi connectivity index (χ3n) is 6.28. The van der Waals surface area contributed by atoms with Crippen molar-refractivity contribution in [1.82, 2.24) is 9.88 Å². The van der Waals surface area contributed by atoms with Crippen LogP contribution in [0.4, 0.5) is 11.5 Å². The summed E-state index contributed by atoms with van der Waals surface area (Å²) < 4.78 is 0. The molecule has 0 atom stereocenters. The molecule has 3 heterocycles. The summed E-state index contributed by atoms with van der Waals surface area (Å²) in [5, 5.41) is 4.11. The van der Waals surface area contributed by atoms with Crippen molar-refractivity contribution in [3.05, 3.63) is 65.2 Å². The highest BCUT2D eigenvalue weighted by Gasteiger charge is 2.24. The Morgan fingerprint density at radius 1 is 1.00 bits per heavy atom. The van der Waals surface area contributed by atoms with Crippen LogP contribution in [0.15, 0.2) is 48.5 Å². The number of nitrogens with zero attached hydrogens (tertiary/aromatic N) is 3. The molecule has 0 unspecified atom stereocenters. The monoisotopic (exact) mass is 414 g/mol. The van der Waals surface area contributed by atoms with Crippen molar-refractivity contribution in [3.63, 3.8) is 0 Å². The van der Waals surface area contributed by atoms with E-state index in [0.717, 1.165) is 48.5 Å². The van der Waals surface area contributed by atoms with Gasteiger partial charge in [0.05, 0.1) is 5.52 Å². The normalized spacial score (nSPS) is 16.6. The van der Waals surface area contributed by atoms with E-state index in [1.165, 1.54) is 10.9 Å². The number of piperazine rings is 1. The maximum absolute atomic E-state index is 13.1. The van der Waals surface area contributed by atoms with Crippen molar-refractivity contribution in [3.8, 4) is 0 Å². The predicted molar refractivity (Wildman–Crippen MR) is 123 cm³/mol. The van der Waals surface area contributed by atoms with E-state index in [1.54, 1.807) is 0 Å². The Hall–Kier alpha value is -3.41. The molecule has 6 nitrogen and oxygen atoms in total. The van der Waals surface area contributed by atoms with Gasteiger partial charge in [-0.3, -0.25) is 9.59 Å². The fourth-order valence-electron chi connectivity index (χ4n) is 4.52. The van der Waals surface area contributed by atoms with E-state index in [2.05, 4.69) is 29.3 Å². The van der Waals surface area contributed by atoms with E-state index in [4.69, 9.17) is 4.98 Å². The number of hydrogen-bond acceptors (Lipinski definition) is 4. The number of para-hydroxylation sites is 1. The largest absolute Gasteiger partial charge is 0.353 e. The number of carbonyl (C=O) groups is 2. The fourth-order valence-corrected chi connectivity index (χ4v) is 4.52. The quantitative estimate of drug-likeness (QED) is 0.693. The maximum Gasteiger partial charge on any atom is 0.253 e. The molecule has 0 spiro atoms. The van der Waals surface area contributed by atoms with Crippen LogP contribution in [0.2, 0.25) is 0 Å². The second kappa shape index (κ2) is 8.02. The molecule has 1 fully saturated rings. The molecular weight excluding hydrogens is 388 g/mol. The van der Waals surface area contributed by atoms with Gasteiger partial charge in [-0.2, -0.15) is 0 Å². The van der Waals surface area contributed by atoms with Gasteiger partial charge in [0.25, 0.3) is 5.91 Å². The molecule has 158 valence electrons. The lowest BCUT2D eigenvalue weighted by Crippen LogP contribution is -2.49. The Labute approximate surface area is 181 Å². The van der Waals surface area contributed by atoms with Gasteiger partial charge in [-0.15, -0.1) is 0 Å². The number of aromatic nitrogens is 1. The summed E-state index contributed by atoms with van der Waals surface area (Å²) in [5.74, 6) is 1.08. The second-order valence-electron chi connectivity index (χ2n) is 8.37. The van der Waals surface area contributed by atoms with E-state index in [-0.39, 0.29) is 11.8 Å². The predicted octanol–water partition coefficient (Wildman–Crippen LogP) is 3.78. The van der Waals surface area contributed by atoms with Crippen molar-refractivity contribution in [2.45, 2.75) is 26.2 Å². The molecule has 0 radical (unpaired) electrons. The molecule has 0 saturated carbocycles. The molecule has 0 bridgehead atoms. The molecule has 1 N–H and O–H groups in total. The van der Waals surface area contributed by atoms with E-state index in [0.29, 0.717) is 25.1 Å². The summed E-state index contributed by atoms with van der Waals surface area (Å²) in [6, 6.07) is 16.0. The summed E-state index contributed by atoms with van der Waals surface area (Å²) in [6.45, 7) is 4.98. The average Bonchev–Trinajstić information content (AvgIpc) is 2.98. The molecule has 2 aromatic carbocycles. The number of hydrogen-bond donors (Lipinski definition) is 1. The lowest BCUT2D eigenvalue weighted by molar-refractivity contribution is -0.116.